The molecule has 132 valence electrons. The smallest absolute Gasteiger partial charge is 0.317 e. The summed E-state index contributed by atoms with van der Waals surface area (Å²) in [5.74, 6) is 0.716. The maximum atomic E-state index is 12.6. The molecule has 0 bridgehead atoms. The number of rotatable bonds is 7. The Morgan fingerprint density at radius 1 is 1.24 bits per heavy atom. The van der Waals surface area contributed by atoms with E-state index in [2.05, 4.69) is 22.2 Å². The summed E-state index contributed by atoms with van der Waals surface area (Å²) in [6, 6.07) is 13.0. The molecule has 1 aromatic carbocycles. The Labute approximate surface area is 149 Å². The molecule has 2 aliphatic carbocycles. The van der Waals surface area contributed by atoms with Crippen LogP contribution in [-0.4, -0.2) is 39.3 Å². The second kappa shape index (κ2) is 6.90. The van der Waals surface area contributed by atoms with Crippen LogP contribution in [0.25, 0.3) is 5.69 Å². The van der Waals surface area contributed by atoms with Gasteiger partial charge in [0, 0.05) is 31.2 Å². The van der Waals surface area contributed by atoms with Crippen LogP contribution in [0.5, 0.6) is 0 Å². The predicted octanol–water partition coefficient (Wildman–Crippen LogP) is 3.39. The van der Waals surface area contributed by atoms with E-state index in [0.29, 0.717) is 24.5 Å². The van der Waals surface area contributed by atoms with Crippen LogP contribution >= 0.6 is 0 Å². The summed E-state index contributed by atoms with van der Waals surface area (Å²) in [7, 11) is 0. The van der Waals surface area contributed by atoms with Crippen LogP contribution in [0.3, 0.4) is 0 Å². The number of nitrogens with zero attached hydrogens (tertiary/aromatic N) is 3. The van der Waals surface area contributed by atoms with Gasteiger partial charge in [-0.1, -0.05) is 18.2 Å². The fraction of sp³-hybridized carbons (Fsp3) is 0.500. The third kappa shape index (κ3) is 3.86. The van der Waals surface area contributed by atoms with Crippen molar-refractivity contribution >= 4 is 6.03 Å². The number of hydrogen-bond acceptors (Lipinski definition) is 2. The third-order valence-electron chi connectivity index (χ3n) is 5.24. The number of amides is 2. The van der Waals surface area contributed by atoms with Gasteiger partial charge in [0.05, 0.1) is 11.4 Å². The molecule has 1 N–H and O–H groups in total. The third-order valence-corrected chi connectivity index (χ3v) is 5.24. The van der Waals surface area contributed by atoms with Crippen molar-refractivity contribution in [3.05, 3.63) is 48.3 Å². The molecule has 5 nitrogen and oxygen atoms in total. The minimum Gasteiger partial charge on any atom is -0.338 e. The largest absolute Gasteiger partial charge is 0.338 e. The summed E-state index contributed by atoms with van der Waals surface area (Å²) in [5.41, 5.74) is 2.05. The minimum absolute atomic E-state index is 0.101. The first kappa shape index (κ1) is 16.2. The van der Waals surface area contributed by atoms with Crippen molar-refractivity contribution in [2.45, 2.75) is 51.1 Å². The van der Waals surface area contributed by atoms with Crippen molar-refractivity contribution in [3.63, 3.8) is 0 Å². The highest BCUT2D eigenvalue weighted by molar-refractivity contribution is 5.75. The van der Waals surface area contributed by atoms with E-state index in [-0.39, 0.29) is 6.03 Å². The highest BCUT2D eigenvalue weighted by Gasteiger charge is 2.41. The molecule has 1 unspecified atom stereocenters. The summed E-state index contributed by atoms with van der Waals surface area (Å²) in [6.07, 6.45) is 7.58. The van der Waals surface area contributed by atoms with Crippen LogP contribution in [0.15, 0.2) is 42.6 Å². The van der Waals surface area contributed by atoms with E-state index >= 15 is 0 Å². The van der Waals surface area contributed by atoms with Crippen molar-refractivity contribution in [3.8, 4) is 5.69 Å². The van der Waals surface area contributed by atoms with Crippen molar-refractivity contribution in [2.75, 3.05) is 6.54 Å². The van der Waals surface area contributed by atoms with Crippen LogP contribution in [0.4, 0.5) is 4.79 Å². The van der Waals surface area contributed by atoms with Gasteiger partial charge in [-0.05, 0) is 56.7 Å². The fourth-order valence-corrected chi connectivity index (χ4v) is 3.45. The molecule has 2 aromatic rings. The molecule has 0 saturated heterocycles. The van der Waals surface area contributed by atoms with Gasteiger partial charge in [0.1, 0.15) is 0 Å². The van der Waals surface area contributed by atoms with E-state index in [0.717, 1.165) is 30.6 Å². The number of urea groups is 1. The highest BCUT2D eigenvalue weighted by atomic mass is 16.2. The lowest BCUT2D eigenvalue weighted by molar-refractivity contribution is 0.167. The lowest BCUT2D eigenvalue weighted by Gasteiger charge is -2.29. The van der Waals surface area contributed by atoms with E-state index in [1.807, 2.05) is 47.3 Å². The fourth-order valence-electron chi connectivity index (χ4n) is 3.45. The second-order valence-corrected chi connectivity index (χ2v) is 7.29. The Morgan fingerprint density at radius 3 is 2.68 bits per heavy atom. The number of carbonyl (C=O) groups is 1. The molecule has 1 heterocycles. The van der Waals surface area contributed by atoms with Gasteiger partial charge < -0.3 is 10.2 Å². The quantitative estimate of drug-likeness (QED) is 0.841. The van der Waals surface area contributed by atoms with Crippen LogP contribution in [0, 0.1) is 5.92 Å². The Kier molecular flexibility index (Phi) is 4.47. The van der Waals surface area contributed by atoms with E-state index < -0.39 is 0 Å². The molecule has 2 fully saturated rings. The topological polar surface area (TPSA) is 50.2 Å². The molecule has 1 aromatic heterocycles. The lowest BCUT2D eigenvalue weighted by atomic mass is 10.2. The molecule has 2 aliphatic rings. The minimum atomic E-state index is 0.101. The number of aromatic nitrogens is 2. The number of hydrogen-bond donors (Lipinski definition) is 1. The molecule has 0 spiro atoms. The first-order valence-electron chi connectivity index (χ1n) is 9.38. The summed E-state index contributed by atoms with van der Waals surface area (Å²) in [6.45, 7) is 2.84. The summed E-state index contributed by atoms with van der Waals surface area (Å²) < 4.78 is 1.88. The zero-order valence-corrected chi connectivity index (χ0v) is 14.8. The molecule has 5 heteroatoms. The number of para-hydroxylation sites is 1. The van der Waals surface area contributed by atoms with E-state index in [9.17, 15) is 4.79 Å². The number of benzene rings is 1. The molecule has 25 heavy (non-hydrogen) atoms. The maximum absolute atomic E-state index is 12.6. The average Bonchev–Trinajstić information content (AvgIpc) is 3.55. The zero-order chi connectivity index (χ0) is 17.2. The van der Waals surface area contributed by atoms with Gasteiger partial charge in [-0.2, -0.15) is 5.10 Å². The molecule has 4 rings (SSSR count). The van der Waals surface area contributed by atoms with E-state index in [1.165, 1.54) is 12.8 Å². The van der Waals surface area contributed by atoms with Crippen molar-refractivity contribution < 1.29 is 4.79 Å². The molecular formula is C20H26N4O. The van der Waals surface area contributed by atoms with Crippen LogP contribution in [0.2, 0.25) is 0 Å². The van der Waals surface area contributed by atoms with Crippen LogP contribution < -0.4 is 5.32 Å². The molecule has 2 amide bonds. The Morgan fingerprint density at radius 2 is 2.00 bits per heavy atom. The van der Waals surface area contributed by atoms with Crippen LogP contribution in [0.1, 0.15) is 38.3 Å². The summed E-state index contributed by atoms with van der Waals surface area (Å²) >= 11 is 0. The summed E-state index contributed by atoms with van der Waals surface area (Å²) in [4.78, 5) is 14.7. The van der Waals surface area contributed by atoms with Gasteiger partial charge >= 0.3 is 6.03 Å². The Bertz CT molecular complexity index is 718. The molecule has 1 atom stereocenters. The van der Waals surface area contributed by atoms with Crippen molar-refractivity contribution in [1.29, 1.82) is 0 Å². The van der Waals surface area contributed by atoms with Crippen LogP contribution in [-0.2, 0) is 6.42 Å². The molecule has 0 aliphatic heterocycles. The standard InChI is InChI=1S/C20H26N4O/c1-15(16-7-8-16)24(19-9-10-19)20(25)21-13-11-17-12-14-23(22-17)18-5-3-2-4-6-18/h2-6,12,14-16,19H,7-11,13H2,1H3,(H,21,25). The van der Waals surface area contributed by atoms with E-state index in [1.54, 1.807) is 0 Å². The first-order valence-corrected chi connectivity index (χ1v) is 9.38. The van der Waals surface area contributed by atoms with Gasteiger partial charge in [0.25, 0.3) is 0 Å². The highest BCUT2D eigenvalue weighted by Crippen LogP contribution is 2.39. The molecule has 0 radical (unpaired) electrons. The van der Waals surface area contributed by atoms with Gasteiger partial charge in [-0.25, -0.2) is 9.48 Å². The Hall–Kier alpha value is -2.30. The second-order valence-electron chi connectivity index (χ2n) is 7.29. The first-order chi connectivity index (χ1) is 12.2. The van der Waals surface area contributed by atoms with Crippen molar-refractivity contribution in [1.82, 2.24) is 20.0 Å². The molecule has 2 saturated carbocycles. The van der Waals surface area contributed by atoms with Crippen molar-refractivity contribution in [2.24, 2.45) is 5.92 Å². The monoisotopic (exact) mass is 338 g/mol. The Balaban J connectivity index is 1.30. The summed E-state index contributed by atoms with van der Waals surface area (Å²) in [5, 5.41) is 7.70. The van der Waals surface area contributed by atoms with E-state index in [4.69, 9.17) is 0 Å². The van der Waals surface area contributed by atoms with Gasteiger partial charge in [0.15, 0.2) is 0 Å². The van der Waals surface area contributed by atoms with Gasteiger partial charge in [-0.3, -0.25) is 0 Å². The maximum Gasteiger partial charge on any atom is 0.317 e. The number of carbonyl (C=O) groups excluding carboxylic acids is 1. The SMILES string of the molecule is CC(C1CC1)N(C(=O)NCCc1ccn(-c2ccccc2)n1)C1CC1. The molecular weight excluding hydrogens is 312 g/mol. The average molecular weight is 338 g/mol. The van der Waals surface area contributed by atoms with Gasteiger partial charge in [-0.15, -0.1) is 0 Å². The normalized spacial score (nSPS) is 18.0. The van der Waals surface area contributed by atoms with Gasteiger partial charge in [0.2, 0.25) is 0 Å². The zero-order valence-electron chi connectivity index (χ0n) is 14.8. The predicted molar refractivity (Wildman–Crippen MR) is 97.7 cm³/mol. The lowest BCUT2D eigenvalue weighted by Crippen LogP contribution is -2.47. The number of nitrogens with one attached hydrogen (secondary N) is 1.